The molecule has 1 aliphatic rings. The number of benzene rings is 2. The van der Waals surface area contributed by atoms with Crippen molar-refractivity contribution >= 4 is 24.9 Å². The van der Waals surface area contributed by atoms with Crippen LogP contribution in [-0.4, -0.2) is 50.9 Å². The van der Waals surface area contributed by atoms with Gasteiger partial charge in [0.25, 0.3) is 0 Å². The molecule has 200 valence electrons. The third kappa shape index (κ3) is 6.39. The summed E-state index contributed by atoms with van der Waals surface area (Å²) in [4.78, 5) is 0. The van der Waals surface area contributed by atoms with Gasteiger partial charge in [-0.25, -0.2) is 9.07 Å². The average molecular weight is 528 g/mol. The van der Waals surface area contributed by atoms with E-state index in [1.807, 2.05) is 29.8 Å². The third-order valence-electron chi connectivity index (χ3n) is 6.70. The fraction of sp³-hybridized carbons (Fsp3) is 0.500. The molecule has 37 heavy (non-hydrogen) atoms. The fourth-order valence-electron chi connectivity index (χ4n) is 4.51. The van der Waals surface area contributed by atoms with Gasteiger partial charge in [0.05, 0.1) is 12.6 Å². The Labute approximate surface area is 219 Å². The van der Waals surface area contributed by atoms with E-state index in [4.69, 9.17) is 29.5 Å². The van der Waals surface area contributed by atoms with Crippen LogP contribution in [-0.2, 0) is 20.6 Å². The highest BCUT2D eigenvalue weighted by Gasteiger charge is 2.24. The van der Waals surface area contributed by atoms with Crippen molar-refractivity contribution in [2.75, 3.05) is 27.1 Å². The molecule has 1 saturated heterocycles. The second-order valence-electron chi connectivity index (χ2n) is 10.7. The maximum atomic E-state index is 15.1. The predicted octanol–water partition coefficient (Wildman–Crippen LogP) is 6.77. The van der Waals surface area contributed by atoms with E-state index in [0.29, 0.717) is 25.3 Å². The van der Waals surface area contributed by atoms with E-state index in [2.05, 4.69) is 19.6 Å². The summed E-state index contributed by atoms with van der Waals surface area (Å²) < 4.78 is 39.4. The van der Waals surface area contributed by atoms with Gasteiger partial charge in [-0.1, -0.05) is 32.6 Å². The van der Waals surface area contributed by atoms with Crippen LogP contribution in [0.1, 0.15) is 43.7 Å². The first-order chi connectivity index (χ1) is 17.7. The van der Waals surface area contributed by atoms with E-state index in [1.165, 1.54) is 13.2 Å². The van der Waals surface area contributed by atoms with E-state index in [1.54, 1.807) is 6.07 Å². The number of rotatable bonds is 10. The zero-order chi connectivity index (χ0) is 26.6. The van der Waals surface area contributed by atoms with Crippen LogP contribution in [0.4, 0.5) is 4.39 Å². The highest BCUT2D eigenvalue weighted by Crippen LogP contribution is 2.35. The summed E-state index contributed by atoms with van der Waals surface area (Å²) >= 11 is 0. The SMILES string of the molecule is CCc1cc(OCOCC[Si](C)(C)C)c(F)cc1-c1ccc2c(C(=N)OC)nn(C3CCCCO3)c2c1. The number of methoxy groups -OCH3 is 1. The van der Waals surface area contributed by atoms with Gasteiger partial charge in [0.15, 0.2) is 30.3 Å². The predicted molar refractivity (Wildman–Crippen MR) is 147 cm³/mol. The van der Waals surface area contributed by atoms with Crippen molar-refractivity contribution in [2.24, 2.45) is 0 Å². The van der Waals surface area contributed by atoms with Gasteiger partial charge in [-0.05, 0) is 72.7 Å². The monoisotopic (exact) mass is 527 g/mol. The van der Waals surface area contributed by atoms with Gasteiger partial charge in [0.1, 0.15) is 0 Å². The molecule has 1 N–H and O–H groups in total. The number of hydrogen-bond acceptors (Lipinski definition) is 6. The Morgan fingerprint density at radius 3 is 2.70 bits per heavy atom. The van der Waals surface area contributed by atoms with Crippen LogP contribution < -0.4 is 4.74 Å². The number of hydrogen-bond donors (Lipinski definition) is 1. The van der Waals surface area contributed by atoms with E-state index in [0.717, 1.165) is 52.9 Å². The Bertz CT molecular complexity index is 1250. The van der Waals surface area contributed by atoms with Gasteiger partial charge in [0.2, 0.25) is 5.90 Å². The highest BCUT2D eigenvalue weighted by molar-refractivity contribution is 6.76. The first kappa shape index (κ1) is 27.3. The van der Waals surface area contributed by atoms with Crippen LogP contribution in [0.15, 0.2) is 30.3 Å². The number of nitrogens with one attached hydrogen (secondary N) is 1. The maximum Gasteiger partial charge on any atom is 0.234 e. The number of aromatic nitrogens is 2. The molecule has 0 bridgehead atoms. The standard InChI is InChI=1S/C28H38FN3O4Si/c1-6-19-16-25(36-18-34-13-14-37(3,4)5)23(29)17-22(19)20-10-11-21-24(15-20)32(26-9-7-8-12-35-26)31-27(21)28(30)33-2/h10-11,15-17,26,30H,6-9,12-14,18H2,1-5H3. The Morgan fingerprint density at radius 1 is 1.22 bits per heavy atom. The van der Waals surface area contributed by atoms with Crippen molar-refractivity contribution in [2.45, 2.75) is 64.5 Å². The molecule has 4 rings (SSSR count). The molecule has 0 spiro atoms. The van der Waals surface area contributed by atoms with Crippen LogP contribution in [0.5, 0.6) is 5.75 Å². The van der Waals surface area contributed by atoms with Crippen LogP contribution in [0.3, 0.4) is 0 Å². The molecule has 1 fully saturated rings. The lowest BCUT2D eigenvalue weighted by Crippen LogP contribution is -2.22. The maximum absolute atomic E-state index is 15.1. The van der Waals surface area contributed by atoms with Gasteiger partial charge in [-0.15, -0.1) is 0 Å². The average Bonchev–Trinajstić information content (AvgIpc) is 3.27. The molecule has 1 unspecified atom stereocenters. The molecular weight excluding hydrogens is 489 g/mol. The zero-order valence-electron chi connectivity index (χ0n) is 22.5. The zero-order valence-corrected chi connectivity index (χ0v) is 23.5. The van der Waals surface area contributed by atoms with Gasteiger partial charge in [-0.3, -0.25) is 5.41 Å². The molecule has 7 nitrogen and oxygen atoms in total. The largest absolute Gasteiger partial charge is 0.480 e. The van der Waals surface area contributed by atoms with Gasteiger partial charge >= 0.3 is 0 Å². The minimum absolute atomic E-state index is 0.00108. The van der Waals surface area contributed by atoms with E-state index >= 15 is 4.39 Å². The minimum Gasteiger partial charge on any atom is -0.480 e. The fourth-order valence-corrected chi connectivity index (χ4v) is 5.27. The Hall–Kier alpha value is -2.75. The summed E-state index contributed by atoms with van der Waals surface area (Å²) in [5, 5.41) is 13.7. The smallest absolute Gasteiger partial charge is 0.234 e. The molecule has 9 heteroatoms. The molecule has 1 aromatic heterocycles. The van der Waals surface area contributed by atoms with Gasteiger partial charge in [0, 0.05) is 26.7 Å². The molecular formula is C28H38FN3O4Si. The highest BCUT2D eigenvalue weighted by atomic mass is 28.3. The van der Waals surface area contributed by atoms with E-state index < -0.39 is 13.9 Å². The Kier molecular flexibility index (Phi) is 8.66. The summed E-state index contributed by atoms with van der Waals surface area (Å²) in [7, 11) is 0.281. The molecule has 0 aliphatic carbocycles. The third-order valence-corrected chi connectivity index (χ3v) is 8.40. The first-order valence-electron chi connectivity index (χ1n) is 13.0. The van der Waals surface area contributed by atoms with Crippen molar-refractivity contribution < 1.29 is 23.3 Å². The van der Waals surface area contributed by atoms with Crippen LogP contribution in [0.2, 0.25) is 25.7 Å². The van der Waals surface area contributed by atoms with Gasteiger partial charge < -0.3 is 18.9 Å². The summed E-state index contributed by atoms with van der Waals surface area (Å²) in [5.41, 5.74) is 3.95. The lowest BCUT2D eigenvalue weighted by atomic mass is 9.96. The lowest BCUT2D eigenvalue weighted by Gasteiger charge is -2.23. The summed E-state index contributed by atoms with van der Waals surface area (Å²) in [5.74, 6) is -0.223. The van der Waals surface area contributed by atoms with Crippen molar-refractivity contribution in [1.29, 1.82) is 5.41 Å². The second kappa shape index (κ2) is 11.7. The lowest BCUT2D eigenvalue weighted by molar-refractivity contribution is -0.0367. The summed E-state index contributed by atoms with van der Waals surface area (Å²) in [6.07, 6.45) is 3.44. The van der Waals surface area contributed by atoms with Crippen molar-refractivity contribution in [1.82, 2.24) is 9.78 Å². The number of aryl methyl sites for hydroxylation is 1. The summed E-state index contributed by atoms with van der Waals surface area (Å²) in [6.45, 7) is 10.2. The number of fused-ring (bicyclic) bond motifs is 1. The topological polar surface area (TPSA) is 78.6 Å². The molecule has 1 aliphatic heterocycles. The normalized spacial score (nSPS) is 16.2. The molecule has 0 saturated carbocycles. The number of halogens is 1. The van der Waals surface area contributed by atoms with Crippen molar-refractivity contribution in [3.05, 3.63) is 47.4 Å². The second-order valence-corrected chi connectivity index (χ2v) is 16.3. The quantitative estimate of drug-likeness (QED) is 0.104. The van der Waals surface area contributed by atoms with Crippen LogP contribution >= 0.6 is 0 Å². The Balaban J connectivity index is 1.64. The van der Waals surface area contributed by atoms with Crippen molar-refractivity contribution in [3.8, 4) is 16.9 Å². The van der Waals surface area contributed by atoms with Crippen LogP contribution in [0, 0.1) is 11.2 Å². The molecule has 0 radical (unpaired) electrons. The van der Waals surface area contributed by atoms with E-state index in [-0.39, 0.29) is 24.7 Å². The summed E-state index contributed by atoms with van der Waals surface area (Å²) in [6, 6.07) is 10.2. The molecule has 0 amide bonds. The first-order valence-corrected chi connectivity index (χ1v) is 16.7. The van der Waals surface area contributed by atoms with E-state index in [9.17, 15) is 0 Å². The molecule has 2 aromatic carbocycles. The number of ether oxygens (including phenoxy) is 4. The molecule has 3 aromatic rings. The van der Waals surface area contributed by atoms with Crippen molar-refractivity contribution in [3.63, 3.8) is 0 Å². The Morgan fingerprint density at radius 2 is 2.03 bits per heavy atom. The van der Waals surface area contributed by atoms with Gasteiger partial charge in [-0.2, -0.15) is 5.10 Å². The minimum atomic E-state index is -1.19. The molecule has 1 atom stereocenters. The van der Waals surface area contributed by atoms with Crippen LogP contribution in [0.25, 0.3) is 22.0 Å². The number of nitrogens with zero attached hydrogens (tertiary/aromatic N) is 2. The molecule has 2 heterocycles.